The molecule has 0 aromatic carbocycles. The smallest absolute Gasteiger partial charge is 0.323 e. The molecule has 1 aromatic heterocycles. The van der Waals surface area contributed by atoms with Crippen LogP contribution in [-0.4, -0.2) is 26.3 Å². The molecule has 19 heavy (non-hydrogen) atoms. The van der Waals surface area contributed by atoms with Crippen LogP contribution >= 0.6 is 11.9 Å². The van der Waals surface area contributed by atoms with Crippen molar-refractivity contribution < 1.29 is 9.53 Å². The van der Waals surface area contributed by atoms with Gasteiger partial charge in [-0.1, -0.05) is 13.2 Å². The summed E-state index contributed by atoms with van der Waals surface area (Å²) in [5.74, 6) is 0.551. The minimum absolute atomic E-state index is 0.247. The summed E-state index contributed by atoms with van der Waals surface area (Å²) in [5.41, 5.74) is 1.61. The average Bonchev–Trinajstić information content (AvgIpc) is 2.65. The molecule has 0 radical (unpaired) electrons. The summed E-state index contributed by atoms with van der Waals surface area (Å²) in [6.07, 6.45) is 3.39. The molecule has 0 atom stereocenters. The number of hydrogen-bond donors (Lipinski definition) is 0. The summed E-state index contributed by atoms with van der Waals surface area (Å²) < 4.78 is 6.28. The van der Waals surface area contributed by atoms with E-state index in [4.69, 9.17) is 4.74 Å². The van der Waals surface area contributed by atoms with Crippen molar-refractivity contribution in [2.24, 2.45) is 0 Å². The molecule has 0 bridgehead atoms. The van der Waals surface area contributed by atoms with Crippen molar-refractivity contribution in [1.82, 2.24) is 8.96 Å². The standard InChI is InChI=1S/C14H20N2O2S/c1-7-11-12(8-2)16(10(4)15-11)19-14(5,6)13(17)18-9-3/h7-8H,1-2,9H2,3-6H3. The molecule has 1 rings (SSSR count). The maximum absolute atomic E-state index is 11.9. The number of carbonyl (C=O) groups is 1. The molecular weight excluding hydrogens is 260 g/mol. The lowest BCUT2D eigenvalue weighted by Gasteiger charge is -2.23. The number of carbonyl (C=O) groups excluding carboxylic acids is 1. The Hall–Kier alpha value is -1.49. The molecule has 0 saturated heterocycles. The minimum Gasteiger partial charge on any atom is -0.465 e. The van der Waals surface area contributed by atoms with E-state index in [1.54, 1.807) is 19.1 Å². The number of nitrogens with zero attached hydrogens (tertiary/aromatic N) is 2. The Morgan fingerprint density at radius 2 is 2.11 bits per heavy atom. The molecule has 0 unspecified atom stereocenters. The Labute approximate surface area is 118 Å². The quantitative estimate of drug-likeness (QED) is 0.750. The minimum atomic E-state index is -0.697. The fourth-order valence-electron chi connectivity index (χ4n) is 1.58. The molecule has 0 fully saturated rings. The molecule has 4 nitrogen and oxygen atoms in total. The van der Waals surface area contributed by atoms with Crippen molar-refractivity contribution in [3.05, 3.63) is 30.4 Å². The predicted molar refractivity (Wildman–Crippen MR) is 80.8 cm³/mol. The molecule has 5 heteroatoms. The largest absolute Gasteiger partial charge is 0.465 e. The van der Waals surface area contributed by atoms with Crippen LogP contribution in [0.3, 0.4) is 0 Å². The Kier molecular flexibility index (Phi) is 5.00. The summed E-state index contributed by atoms with van der Waals surface area (Å²) >= 11 is 1.37. The molecular formula is C14H20N2O2S. The highest BCUT2D eigenvalue weighted by molar-refractivity contribution is 8.00. The van der Waals surface area contributed by atoms with Crippen LogP contribution in [0.2, 0.25) is 0 Å². The Balaban J connectivity index is 3.11. The number of aryl methyl sites for hydroxylation is 1. The number of rotatable bonds is 6. The van der Waals surface area contributed by atoms with Gasteiger partial charge >= 0.3 is 5.97 Å². The molecule has 1 heterocycles. The second kappa shape index (κ2) is 6.10. The van der Waals surface area contributed by atoms with Crippen molar-refractivity contribution in [3.63, 3.8) is 0 Å². The van der Waals surface area contributed by atoms with Gasteiger partial charge in [0.25, 0.3) is 0 Å². The zero-order valence-corrected chi connectivity index (χ0v) is 12.7. The van der Waals surface area contributed by atoms with E-state index < -0.39 is 4.75 Å². The Morgan fingerprint density at radius 1 is 1.47 bits per heavy atom. The van der Waals surface area contributed by atoms with E-state index in [0.717, 1.165) is 17.2 Å². The SMILES string of the molecule is C=Cc1nc(C)n(SC(C)(C)C(=O)OCC)c1C=C. The summed E-state index contributed by atoms with van der Waals surface area (Å²) in [6.45, 7) is 15.2. The fraction of sp³-hybridized carbons (Fsp3) is 0.429. The molecule has 0 spiro atoms. The molecule has 0 aliphatic heterocycles. The van der Waals surface area contributed by atoms with Crippen molar-refractivity contribution in [1.29, 1.82) is 0 Å². The zero-order valence-electron chi connectivity index (χ0n) is 11.9. The van der Waals surface area contributed by atoms with Crippen LogP contribution in [0.5, 0.6) is 0 Å². The number of imidazole rings is 1. The highest BCUT2D eigenvalue weighted by atomic mass is 32.2. The van der Waals surface area contributed by atoms with E-state index in [0.29, 0.717) is 6.61 Å². The van der Waals surface area contributed by atoms with Crippen LogP contribution < -0.4 is 0 Å². The van der Waals surface area contributed by atoms with Gasteiger partial charge in [0.15, 0.2) is 0 Å². The lowest BCUT2D eigenvalue weighted by molar-refractivity contribution is -0.145. The van der Waals surface area contributed by atoms with Gasteiger partial charge in [0.1, 0.15) is 10.6 Å². The van der Waals surface area contributed by atoms with Crippen molar-refractivity contribution in [3.8, 4) is 0 Å². The van der Waals surface area contributed by atoms with Crippen LogP contribution in [0.4, 0.5) is 0 Å². The predicted octanol–water partition coefficient (Wildman–Crippen LogP) is 3.32. The van der Waals surface area contributed by atoms with E-state index in [1.807, 2.05) is 24.7 Å². The van der Waals surface area contributed by atoms with Gasteiger partial charge < -0.3 is 4.74 Å². The zero-order chi connectivity index (χ0) is 14.6. The number of esters is 1. The summed E-state index contributed by atoms with van der Waals surface area (Å²) in [5, 5.41) is 0. The first-order chi connectivity index (χ1) is 8.87. The van der Waals surface area contributed by atoms with E-state index in [2.05, 4.69) is 18.1 Å². The van der Waals surface area contributed by atoms with Gasteiger partial charge in [0.05, 0.1) is 18.0 Å². The molecule has 1 aromatic rings. The third-order valence-electron chi connectivity index (χ3n) is 2.53. The fourth-order valence-corrected chi connectivity index (χ4v) is 2.61. The van der Waals surface area contributed by atoms with E-state index in [-0.39, 0.29) is 5.97 Å². The van der Waals surface area contributed by atoms with Gasteiger partial charge in [-0.05, 0) is 51.8 Å². The topological polar surface area (TPSA) is 44.1 Å². The average molecular weight is 280 g/mol. The van der Waals surface area contributed by atoms with Gasteiger partial charge in [0, 0.05) is 0 Å². The van der Waals surface area contributed by atoms with Crippen molar-refractivity contribution in [2.75, 3.05) is 6.61 Å². The van der Waals surface area contributed by atoms with E-state index in [9.17, 15) is 4.79 Å². The second-order valence-electron chi connectivity index (χ2n) is 4.45. The van der Waals surface area contributed by atoms with Gasteiger partial charge in [-0.3, -0.25) is 8.77 Å². The Bertz CT molecular complexity index is 504. The third-order valence-corrected chi connectivity index (χ3v) is 3.80. The van der Waals surface area contributed by atoms with Crippen LogP contribution in [-0.2, 0) is 9.53 Å². The number of ether oxygens (including phenoxy) is 1. The highest BCUT2D eigenvalue weighted by Crippen LogP contribution is 2.32. The number of hydrogen-bond acceptors (Lipinski definition) is 4. The second-order valence-corrected chi connectivity index (χ2v) is 6.02. The summed E-state index contributed by atoms with van der Waals surface area (Å²) in [6, 6.07) is 0. The molecule has 0 saturated carbocycles. The third kappa shape index (κ3) is 3.29. The lowest BCUT2D eigenvalue weighted by atomic mass is 10.2. The van der Waals surface area contributed by atoms with Crippen LogP contribution in [0.25, 0.3) is 12.2 Å². The Morgan fingerprint density at radius 3 is 2.58 bits per heavy atom. The molecule has 104 valence electrons. The maximum atomic E-state index is 11.9. The van der Waals surface area contributed by atoms with Gasteiger partial charge in [-0.15, -0.1) is 0 Å². The van der Waals surface area contributed by atoms with E-state index >= 15 is 0 Å². The maximum Gasteiger partial charge on any atom is 0.323 e. The van der Waals surface area contributed by atoms with E-state index in [1.165, 1.54) is 11.9 Å². The van der Waals surface area contributed by atoms with Gasteiger partial charge in [-0.25, -0.2) is 4.98 Å². The normalized spacial score (nSPS) is 11.2. The first-order valence-corrected chi connectivity index (χ1v) is 6.85. The molecule has 0 N–H and O–H groups in total. The number of aromatic nitrogens is 2. The van der Waals surface area contributed by atoms with Crippen molar-refractivity contribution >= 4 is 30.1 Å². The molecule has 0 amide bonds. The van der Waals surface area contributed by atoms with Crippen LogP contribution in [0.1, 0.15) is 38.0 Å². The van der Waals surface area contributed by atoms with Crippen molar-refractivity contribution in [2.45, 2.75) is 32.4 Å². The monoisotopic (exact) mass is 280 g/mol. The highest BCUT2D eigenvalue weighted by Gasteiger charge is 2.32. The molecule has 0 aliphatic rings. The van der Waals surface area contributed by atoms with Crippen LogP contribution in [0.15, 0.2) is 13.2 Å². The summed E-state index contributed by atoms with van der Waals surface area (Å²) in [4.78, 5) is 16.3. The summed E-state index contributed by atoms with van der Waals surface area (Å²) in [7, 11) is 0. The first kappa shape index (κ1) is 15.6. The van der Waals surface area contributed by atoms with Gasteiger partial charge in [-0.2, -0.15) is 0 Å². The van der Waals surface area contributed by atoms with Crippen LogP contribution in [0, 0.1) is 6.92 Å². The lowest BCUT2D eigenvalue weighted by Crippen LogP contribution is -2.31. The first-order valence-electron chi connectivity index (χ1n) is 6.08. The molecule has 0 aliphatic carbocycles. The van der Waals surface area contributed by atoms with Gasteiger partial charge in [0.2, 0.25) is 0 Å².